The number of morpholine rings is 1. The Labute approximate surface area is 123 Å². The van der Waals surface area contributed by atoms with Crippen molar-refractivity contribution in [3.63, 3.8) is 0 Å². The van der Waals surface area contributed by atoms with Gasteiger partial charge in [0, 0.05) is 12.1 Å². The van der Waals surface area contributed by atoms with Crippen LogP contribution < -0.4 is 4.74 Å². The summed E-state index contributed by atoms with van der Waals surface area (Å²) in [5.74, 6) is -0.604. The standard InChI is InChI=1S/C15H19NO5/c1-9-6-11(7-10(2)13(9)20-3)14(17)16-4-5-21-8-12(16)15(18)19/h6-7,12H,4-5,8H2,1-3H3,(H,18,19). The summed E-state index contributed by atoms with van der Waals surface area (Å²) in [6.07, 6.45) is 0. The number of aliphatic carboxylic acids is 1. The quantitative estimate of drug-likeness (QED) is 0.907. The lowest BCUT2D eigenvalue weighted by molar-refractivity contribution is -0.147. The molecule has 0 aliphatic carbocycles. The van der Waals surface area contributed by atoms with Crippen molar-refractivity contribution in [2.45, 2.75) is 19.9 Å². The van der Waals surface area contributed by atoms with Crippen LogP contribution in [0.1, 0.15) is 21.5 Å². The van der Waals surface area contributed by atoms with Gasteiger partial charge in [-0.05, 0) is 37.1 Å². The molecule has 1 saturated heterocycles. The van der Waals surface area contributed by atoms with E-state index >= 15 is 0 Å². The minimum Gasteiger partial charge on any atom is -0.496 e. The van der Waals surface area contributed by atoms with Crippen LogP contribution in [0.3, 0.4) is 0 Å². The number of carbonyl (C=O) groups excluding carboxylic acids is 1. The van der Waals surface area contributed by atoms with Crippen molar-refractivity contribution in [1.82, 2.24) is 4.90 Å². The highest BCUT2D eigenvalue weighted by molar-refractivity contribution is 5.97. The molecule has 1 aromatic rings. The molecule has 114 valence electrons. The summed E-state index contributed by atoms with van der Waals surface area (Å²) in [5.41, 5.74) is 2.17. The van der Waals surface area contributed by atoms with E-state index in [1.807, 2.05) is 13.8 Å². The Bertz CT molecular complexity index is 546. The SMILES string of the molecule is COc1c(C)cc(C(=O)N2CCOCC2C(=O)O)cc1C. The maximum atomic E-state index is 12.6. The van der Waals surface area contributed by atoms with Crippen LogP contribution in [0.2, 0.25) is 0 Å². The van der Waals surface area contributed by atoms with Crippen molar-refractivity contribution < 1.29 is 24.2 Å². The fraction of sp³-hybridized carbons (Fsp3) is 0.467. The molecular formula is C15H19NO5. The molecule has 0 saturated carbocycles. The monoisotopic (exact) mass is 293 g/mol. The highest BCUT2D eigenvalue weighted by Crippen LogP contribution is 2.25. The van der Waals surface area contributed by atoms with E-state index in [0.29, 0.717) is 12.2 Å². The highest BCUT2D eigenvalue weighted by atomic mass is 16.5. The van der Waals surface area contributed by atoms with Gasteiger partial charge in [-0.25, -0.2) is 4.79 Å². The Kier molecular flexibility index (Phi) is 4.47. The first-order chi connectivity index (χ1) is 9.95. The number of benzene rings is 1. The second-order valence-electron chi connectivity index (χ2n) is 5.07. The Hall–Kier alpha value is -2.08. The minimum atomic E-state index is -1.05. The number of hydrogen-bond acceptors (Lipinski definition) is 4. The van der Waals surface area contributed by atoms with Gasteiger partial charge in [0.25, 0.3) is 5.91 Å². The highest BCUT2D eigenvalue weighted by Gasteiger charge is 2.33. The van der Waals surface area contributed by atoms with Crippen LogP contribution in [0.25, 0.3) is 0 Å². The van der Waals surface area contributed by atoms with Crippen molar-refractivity contribution in [1.29, 1.82) is 0 Å². The van der Waals surface area contributed by atoms with E-state index in [0.717, 1.165) is 16.9 Å². The summed E-state index contributed by atoms with van der Waals surface area (Å²) >= 11 is 0. The van der Waals surface area contributed by atoms with E-state index in [4.69, 9.17) is 9.47 Å². The number of carbonyl (C=O) groups is 2. The van der Waals surface area contributed by atoms with Crippen LogP contribution in [0, 0.1) is 13.8 Å². The fourth-order valence-corrected chi connectivity index (χ4v) is 2.61. The van der Waals surface area contributed by atoms with Crippen molar-refractivity contribution in [3.8, 4) is 5.75 Å². The van der Waals surface area contributed by atoms with E-state index < -0.39 is 12.0 Å². The van der Waals surface area contributed by atoms with Gasteiger partial charge in [0.1, 0.15) is 5.75 Å². The summed E-state index contributed by atoms with van der Waals surface area (Å²) in [4.78, 5) is 25.2. The molecule has 1 amide bonds. The molecule has 1 heterocycles. The van der Waals surface area contributed by atoms with E-state index in [1.165, 1.54) is 4.90 Å². The Balaban J connectivity index is 2.32. The van der Waals surface area contributed by atoms with Gasteiger partial charge in [-0.1, -0.05) is 0 Å². The molecule has 1 atom stereocenters. The Morgan fingerprint density at radius 2 is 1.95 bits per heavy atom. The lowest BCUT2D eigenvalue weighted by Gasteiger charge is -2.33. The van der Waals surface area contributed by atoms with Crippen LogP contribution in [0.5, 0.6) is 5.75 Å². The molecule has 1 aliphatic heterocycles. The maximum absolute atomic E-state index is 12.6. The zero-order valence-corrected chi connectivity index (χ0v) is 12.4. The average molecular weight is 293 g/mol. The molecule has 0 aromatic heterocycles. The second kappa shape index (κ2) is 6.13. The van der Waals surface area contributed by atoms with Crippen molar-refractivity contribution in [2.75, 3.05) is 26.9 Å². The van der Waals surface area contributed by atoms with Gasteiger partial charge < -0.3 is 19.5 Å². The number of rotatable bonds is 3. The molecular weight excluding hydrogens is 274 g/mol. The minimum absolute atomic E-state index is 0.0230. The van der Waals surface area contributed by atoms with Gasteiger partial charge >= 0.3 is 5.97 Å². The van der Waals surface area contributed by atoms with Gasteiger partial charge in [0.15, 0.2) is 6.04 Å². The first kappa shape index (κ1) is 15.3. The van der Waals surface area contributed by atoms with Crippen LogP contribution in [0.15, 0.2) is 12.1 Å². The van der Waals surface area contributed by atoms with Crippen LogP contribution >= 0.6 is 0 Å². The number of methoxy groups -OCH3 is 1. The maximum Gasteiger partial charge on any atom is 0.328 e. The Morgan fingerprint density at radius 1 is 1.33 bits per heavy atom. The van der Waals surface area contributed by atoms with Gasteiger partial charge in [-0.15, -0.1) is 0 Å². The largest absolute Gasteiger partial charge is 0.496 e. The molecule has 6 nitrogen and oxygen atoms in total. The zero-order chi connectivity index (χ0) is 15.6. The second-order valence-corrected chi connectivity index (χ2v) is 5.07. The van der Waals surface area contributed by atoms with Gasteiger partial charge in [0.2, 0.25) is 0 Å². The normalized spacial score (nSPS) is 18.4. The molecule has 1 fully saturated rings. The molecule has 21 heavy (non-hydrogen) atoms. The predicted octanol–water partition coefficient (Wildman–Crippen LogP) is 1.24. The number of amides is 1. The molecule has 1 unspecified atom stereocenters. The lowest BCUT2D eigenvalue weighted by atomic mass is 10.0. The summed E-state index contributed by atoms with van der Waals surface area (Å²) in [7, 11) is 1.58. The first-order valence-electron chi connectivity index (χ1n) is 6.72. The lowest BCUT2D eigenvalue weighted by Crippen LogP contribution is -2.52. The van der Waals surface area contributed by atoms with E-state index in [9.17, 15) is 14.7 Å². The van der Waals surface area contributed by atoms with E-state index in [1.54, 1.807) is 19.2 Å². The number of ether oxygens (including phenoxy) is 2. The molecule has 0 bridgehead atoms. The summed E-state index contributed by atoms with van der Waals surface area (Å²) in [5, 5.41) is 9.20. The predicted molar refractivity (Wildman–Crippen MR) is 75.7 cm³/mol. The van der Waals surface area contributed by atoms with E-state index in [2.05, 4.69) is 0 Å². The van der Waals surface area contributed by atoms with Crippen LogP contribution in [-0.4, -0.2) is 54.8 Å². The van der Waals surface area contributed by atoms with Crippen LogP contribution in [0.4, 0.5) is 0 Å². The fourth-order valence-electron chi connectivity index (χ4n) is 2.61. The molecule has 2 rings (SSSR count). The van der Waals surface area contributed by atoms with Gasteiger partial charge in [-0.3, -0.25) is 4.79 Å². The van der Waals surface area contributed by atoms with Gasteiger partial charge in [0.05, 0.1) is 20.3 Å². The third kappa shape index (κ3) is 3.00. The molecule has 6 heteroatoms. The molecule has 0 spiro atoms. The number of carboxylic acids is 1. The number of hydrogen-bond donors (Lipinski definition) is 1. The summed E-state index contributed by atoms with van der Waals surface area (Å²) in [6, 6.07) is 2.51. The van der Waals surface area contributed by atoms with Crippen molar-refractivity contribution in [2.24, 2.45) is 0 Å². The molecule has 0 radical (unpaired) electrons. The smallest absolute Gasteiger partial charge is 0.328 e. The van der Waals surface area contributed by atoms with Crippen molar-refractivity contribution >= 4 is 11.9 Å². The summed E-state index contributed by atoms with van der Waals surface area (Å²) < 4.78 is 10.4. The van der Waals surface area contributed by atoms with Gasteiger partial charge in [-0.2, -0.15) is 0 Å². The molecule has 1 aromatic carbocycles. The first-order valence-corrected chi connectivity index (χ1v) is 6.72. The van der Waals surface area contributed by atoms with Crippen molar-refractivity contribution in [3.05, 3.63) is 28.8 Å². The number of carboxylic acid groups (broad SMARTS) is 1. The third-order valence-electron chi connectivity index (χ3n) is 3.59. The third-order valence-corrected chi connectivity index (χ3v) is 3.59. The number of nitrogens with zero attached hydrogens (tertiary/aromatic N) is 1. The van der Waals surface area contributed by atoms with E-state index in [-0.39, 0.29) is 19.1 Å². The number of aryl methyl sites for hydroxylation is 2. The zero-order valence-electron chi connectivity index (χ0n) is 12.4. The molecule has 1 aliphatic rings. The summed E-state index contributed by atoms with van der Waals surface area (Å²) in [6.45, 7) is 4.37. The molecule has 1 N–H and O–H groups in total. The Morgan fingerprint density at radius 3 is 2.48 bits per heavy atom. The van der Waals surface area contributed by atoms with Crippen LogP contribution in [-0.2, 0) is 9.53 Å². The topological polar surface area (TPSA) is 76.1 Å². The average Bonchev–Trinajstić information content (AvgIpc) is 2.46.